The van der Waals surface area contributed by atoms with Gasteiger partial charge in [0.1, 0.15) is 16.9 Å². The summed E-state index contributed by atoms with van der Waals surface area (Å²) >= 11 is 0. The summed E-state index contributed by atoms with van der Waals surface area (Å²) in [6.45, 7) is 5.28. The number of fused-ring (bicyclic) bond motifs is 1. The Hall–Kier alpha value is -3.57. The fraction of sp³-hybridized carbons (Fsp3) is 0.375. The van der Waals surface area contributed by atoms with Gasteiger partial charge in [0.2, 0.25) is 0 Å². The Labute approximate surface area is 187 Å². The lowest BCUT2D eigenvalue weighted by Gasteiger charge is -2.36. The molecule has 1 amide bonds. The number of hydrogen-bond acceptors (Lipinski definition) is 7. The van der Waals surface area contributed by atoms with E-state index in [0.29, 0.717) is 39.6 Å². The number of nitrogens with two attached hydrogens (primary N) is 1. The van der Waals surface area contributed by atoms with Crippen LogP contribution in [0.15, 0.2) is 24.7 Å². The molecule has 0 saturated carbocycles. The van der Waals surface area contributed by atoms with Gasteiger partial charge in [-0.3, -0.25) is 9.78 Å². The van der Waals surface area contributed by atoms with Crippen LogP contribution in [0.2, 0.25) is 0 Å². The molecule has 1 atom stereocenters. The van der Waals surface area contributed by atoms with E-state index in [0.717, 1.165) is 37.3 Å². The number of aryl methyl sites for hydroxylation is 2. The van der Waals surface area contributed by atoms with Crippen molar-refractivity contribution in [1.29, 1.82) is 0 Å². The quantitative estimate of drug-likeness (QED) is 0.623. The molecule has 8 heteroatoms. The maximum atomic E-state index is 13.1. The molecule has 0 bridgehead atoms. The highest BCUT2D eigenvalue weighted by atomic mass is 16.2. The number of piperidine rings is 1. The van der Waals surface area contributed by atoms with Crippen LogP contribution in [0.4, 0.5) is 5.82 Å². The van der Waals surface area contributed by atoms with Crippen LogP contribution in [0.3, 0.4) is 0 Å². The molecule has 3 aromatic heterocycles. The highest BCUT2D eigenvalue weighted by molar-refractivity contribution is 5.94. The van der Waals surface area contributed by atoms with Crippen molar-refractivity contribution in [3.63, 3.8) is 0 Å². The molecule has 0 spiro atoms. The molecule has 8 nitrogen and oxygen atoms in total. The molecule has 4 rings (SSSR count). The van der Waals surface area contributed by atoms with E-state index in [-0.39, 0.29) is 5.91 Å². The summed E-state index contributed by atoms with van der Waals surface area (Å²) in [5, 5.41) is 0. The SMILES string of the molecule is Cc1nc2cnc(N)c(C#Cc3cncc(C(=O)N4CCC[C@H](N(C)C)C4)c3)c2nc1C. The molecule has 2 N–H and O–H groups in total. The summed E-state index contributed by atoms with van der Waals surface area (Å²) in [6.07, 6.45) is 6.93. The lowest BCUT2D eigenvalue weighted by molar-refractivity contribution is 0.0634. The van der Waals surface area contributed by atoms with Gasteiger partial charge in [0.15, 0.2) is 0 Å². The molecule has 0 aliphatic carbocycles. The number of amides is 1. The molecule has 1 fully saturated rings. The van der Waals surface area contributed by atoms with Gasteiger partial charge in [0, 0.05) is 37.1 Å². The van der Waals surface area contributed by atoms with Crippen LogP contribution in [-0.4, -0.2) is 68.9 Å². The number of likely N-dealkylation sites (tertiary alicyclic amines) is 1. The molecule has 1 aliphatic rings. The summed E-state index contributed by atoms with van der Waals surface area (Å²) in [7, 11) is 4.11. The Bertz CT molecular complexity index is 1240. The Morgan fingerprint density at radius 1 is 1.16 bits per heavy atom. The largest absolute Gasteiger partial charge is 0.383 e. The zero-order valence-electron chi connectivity index (χ0n) is 18.9. The average molecular weight is 430 g/mol. The van der Waals surface area contributed by atoms with E-state index in [1.807, 2.05) is 18.7 Å². The Morgan fingerprint density at radius 3 is 2.72 bits per heavy atom. The van der Waals surface area contributed by atoms with Gasteiger partial charge in [0.05, 0.1) is 28.7 Å². The minimum absolute atomic E-state index is 0.0176. The van der Waals surface area contributed by atoms with Crippen molar-refractivity contribution in [2.45, 2.75) is 32.7 Å². The Balaban J connectivity index is 1.63. The molecule has 0 radical (unpaired) electrons. The number of carbonyl (C=O) groups excluding carboxylic acids is 1. The molecule has 1 aliphatic heterocycles. The summed E-state index contributed by atoms with van der Waals surface area (Å²) in [5.41, 5.74) is 10.7. The second-order valence-corrected chi connectivity index (χ2v) is 8.37. The predicted molar refractivity (Wildman–Crippen MR) is 124 cm³/mol. The van der Waals surface area contributed by atoms with Gasteiger partial charge in [-0.2, -0.15) is 0 Å². The van der Waals surface area contributed by atoms with Crippen LogP contribution in [0, 0.1) is 25.7 Å². The van der Waals surface area contributed by atoms with E-state index >= 15 is 0 Å². The third-order valence-electron chi connectivity index (χ3n) is 5.88. The number of pyridine rings is 2. The van der Waals surface area contributed by atoms with E-state index < -0.39 is 0 Å². The van der Waals surface area contributed by atoms with Gasteiger partial charge in [-0.05, 0) is 46.9 Å². The second-order valence-electron chi connectivity index (χ2n) is 8.37. The lowest BCUT2D eigenvalue weighted by atomic mass is 10.0. The van der Waals surface area contributed by atoms with Crippen molar-refractivity contribution in [3.8, 4) is 11.8 Å². The number of nitrogens with zero attached hydrogens (tertiary/aromatic N) is 6. The molecule has 0 unspecified atom stereocenters. The topological polar surface area (TPSA) is 101 Å². The fourth-order valence-electron chi connectivity index (χ4n) is 3.84. The summed E-state index contributed by atoms with van der Waals surface area (Å²) in [4.78, 5) is 34.7. The molecule has 4 heterocycles. The van der Waals surface area contributed by atoms with Crippen molar-refractivity contribution in [1.82, 2.24) is 29.7 Å². The molecular formula is C24H27N7O. The van der Waals surface area contributed by atoms with E-state index in [9.17, 15) is 4.79 Å². The maximum absolute atomic E-state index is 13.1. The standard InChI is InChI=1S/C24H27N7O/c1-15-16(2)29-22-20(23(25)27-13-21(22)28-15)8-7-17-10-18(12-26-11-17)24(32)31-9-5-6-19(14-31)30(3)4/h10-13,19H,5-6,9,14H2,1-4H3,(H2,25,27)/t19-/m0/s1. The van der Waals surface area contributed by atoms with Gasteiger partial charge < -0.3 is 15.5 Å². The smallest absolute Gasteiger partial charge is 0.255 e. The third-order valence-corrected chi connectivity index (χ3v) is 5.88. The van der Waals surface area contributed by atoms with Crippen LogP contribution in [0.25, 0.3) is 11.0 Å². The van der Waals surface area contributed by atoms with Gasteiger partial charge in [-0.15, -0.1) is 0 Å². The predicted octanol–water partition coefficient (Wildman–Crippen LogP) is 2.18. The zero-order chi connectivity index (χ0) is 22.8. The highest BCUT2D eigenvalue weighted by Gasteiger charge is 2.25. The Kier molecular flexibility index (Phi) is 6.01. The van der Waals surface area contributed by atoms with Gasteiger partial charge in [-0.1, -0.05) is 11.8 Å². The fourth-order valence-corrected chi connectivity index (χ4v) is 3.84. The maximum Gasteiger partial charge on any atom is 0.255 e. The van der Waals surface area contributed by atoms with E-state index in [4.69, 9.17) is 5.73 Å². The number of aromatic nitrogens is 4. The molecule has 32 heavy (non-hydrogen) atoms. The lowest BCUT2D eigenvalue weighted by Crippen LogP contribution is -2.47. The number of anilines is 1. The first-order chi connectivity index (χ1) is 15.3. The number of carbonyl (C=O) groups is 1. The van der Waals surface area contributed by atoms with Gasteiger partial charge in [0.25, 0.3) is 5.91 Å². The van der Waals surface area contributed by atoms with Crippen LogP contribution < -0.4 is 5.73 Å². The van der Waals surface area contributed by atoms with Gasteiger partial charge in [-0.25, -0.2) is 15.0 Å². The number of nitrogen functional groups attached to an aromatic ring is 1. The monoisotopic (exact) mass is 429 g/mol. The highest BCUT2D eigenvalue weighted by Crippen LogP contribution is 2.20. The van der Waals surface area contributed by atoms with E-state index in [1.165, 1.54) is 0 Å². The Morgan fingerprint density at radius 2 is 1.94 bits per heavy atom. The summed E-state index contributed by atoms with van der Waals surface area (Å²) in [6, 6.07) is 2.15. The van der Waals surface area contributed by atoms with E-state index in [2.05, 4.69) is 50.8 Å². The summed E-state index contributed by atoms with van der Waals surface area (Å²) < 4.78 is 0. The molecule has 3 aromatic rings. The van der Waals surface area contributed by atoms with Crippen LogP contribution in [0.1, 0.15) is 45.7 Å². The van der Waals surface area contributed by atoms with Crippen LogP contribution >= 0.6 is 0 Å². The minimum atomic E-state index is -0.0176. The first-order valence-electron chi connectivity index (χ1n) is 10.7. The zero-order valence-corrected chi connectivity index (χ0v) is 18.9. The number of hydrogen-bond donors (Lipinski definition) is 1. The number of rotatable bonds is 2. The average Bonchev–Trinajstić information content (AvgIpc) is 2.79. The first kappa shape index (κ1) is 21.7. The van der Waals surface area contributed by atoms with Gasteiger partial charge >= 0.3 is 0 Å². The molecule has 0 aromatic carbocycles. The van der Waals surface area contributed by atoms with Crippen molar-refractivity contribution in [3.05, 3.63) is 52.7 Å². The molecular weight excluding hydrogens is 402 g/mol. The normalized spacial score (nSPS) is 16.2. The second kappa shape index (κ2) is 8.89. The van der Waals surface area contributed by atoms with Crippen molar-refractivity contribution in [2.24, 2.45) is 0 Å². The molecule has 1 saturated heterocycles. The first-order valence-corrected chi connectivity index (χ1v) is 10.7. The third kappa shape index (κ3) is 4.39. The van der Waals surface area contributed by atoms with Crippen LogP contribution in [0.5, 0.6) is 0 Å². The van der Waals surface area contributed by atoms with Crippen molar-refractivity contribution < 1.29 is 4.79 Å². The van der Waals surface area contributed by atoms with Crippen molar-refractivity contribution in [2.75, 3.05) is 32.9 Å². The number of likely N-dealkylation sites (N-methyl/N-ethyl adjacent to an activating group) is 1. The minimum Gasteiger partial charge on any atom is -0.383 e. The van der Waals surface area contributed by atoms with E-state index in [1.54, 1.807) is 24.7 Å². The molecule has 164 valence electrons. The van der Waals surface area contributed by atoms with Crippen molar-refractivity contribution >= 4 is 22.8 Å². The van der Waals surface area contributed by atoms with Crippen LogP contribution in [-0.2, 0) is 0 Å². The summed E-state index contributed by atoms with van der Waals surface area (Å²) in [5.74, 6) is 6.43.